The van der Waals surface area contributed by atoms with Gasteiger partial charge >= 0.3 is 11.9 Å². The molecule has 126 valence electrons. The zero-order chi connectivity index (χ0) is 17.5. The second kappa shape index (κ2) is 7.86. The quantitative estimate of drug-likeness (QED) is 0.786. The number of carbonyl (C=O) groups is 3. The molecule has 1 aromatic rings. The average molecular weight is 332 g/mol. The Hall–Kier alpha value is -3.23. The SMILES string of the molecule is CCOC(=O)C1=NN(C(=O)c2ccccc2)C(C(=O)OCC)=NN1. The molecule has 0 saturated carbocycles. The van der Waals surface area contributed by atoms with Crippen LogP contribution in [-0.2, 0) is 19.1 Å². The minimum absolute atomic E-state index is 0.0969. The summed E-state index contributed by atoms with van der Waals surface area (Å²) in [6.45, 7) is 3.47. The van der Waals surface area contributed by atoms with Crippen molar-refractivity contribution in [3.05, 3.63) is 35.9 Å². The van der Waals surface area contributed by atoms with Gasteiger partial charge in [-0.2, -0.15) is 5.01 Å². The molecule has 9 heteroatoms. The predicted octanol–water partition coefficient (Wildman–Crippen LogP) is 0.485. The smallest absolute Gasteiger partial charge is 0.378 e. The number of amides is 1. The molecule has 1 heterocycles. The molecule has 0 atom stereocenters. The Morgan fingerprint density at radius 2 is 1.67 bits per heavy atom. The highest BCUT2D eigenvalue weighted by Gasteiger charge is 2.33. The summed E-state index contributed by atoms with van der Waals surface area (Å²) >= 11 is 0. The molecule has 1 N–H and O–H groups in total. The fraction of sp³-hybridized carbons (Fsp3) is 0.267. The third kappa shape index (κ3) is 3.75. The molecule has 9 nitrogen and oxygen atoms in total. The molecule has 0 saturated heterocycles. The second-order valence-electron chi connectivity index (χ2n) is 4.42. The number of benzene rings is 1. The molecule has 1 aliphatic heterocycles. The standard InChI is InChI=1S/C15H16N4O5/c1-3-23-14(21)11-16-17-12(15(22)24-4-2)19(18-11)13(20)10-8-6-5-7-9-10/h5-9H,3-4H2,1-2H3,(H,16,18). The molecule has 0 aromatic heterocycles. The lowest BCUT2D eigenvalue weighted by molar-refractivity contribution is -0.137. The highest BCUT2D eigenvalue weighted by atomic mass is 16.5. The van der Waals surface area contributed by atoms with E-state index < -0.39 is 17.8 Å². The van der Waals surface area contributed by atoms with Crippen molar-refractivity contribution in [3.8, 4) is 0 Å². The van der Waals surface area contributed by atoms with Crippen LogP contribution in [0.3, 0.4) is 0 Å². The summed E-state index contributed by atoms with van der Waals surface area (Å²) in [4.78, 5) is 36.3. The van der Waals surface area contributed by atoms with E-state index in [1.165, 1.54) is 0 Å². The van der Waals surface area contributed by atoms with E-state index >= 15 is 0 Å². The van der Waals surface area contributed by atoms with Gasteiger partial charge in [0.1, 0.15) is 0 Å². The molecule has 0 fully saturated rings. The van der Waals surface area contributed by atoms with Crippen LogP contribution in [0.5, 0.6) is 0 Å². The molecule has 1 aliphatic rings. The third-order valence-corrected chi connectivity index (χ3v) is 2.81. The van der Waals surface area contributed by atoms with E-state index in [9.17, 15) is 14.4 Å². The maximum absolute atomic E-state index is 12.6. The van der Waals surface area contributed by atoms with Gasteiger partial charge in [-0.3, -0.25) is 10.2 Å². The van der Waals surface area contributed by atoms with E-state index in [4.69, 9.17) is 9.47 Å². The lowest BCUT2D eigenvalue weighted by atomic mass is 10.2. The number of esters is 2. The molecule has 2 rings (SSSR count). The predicted molar refractivity (Wildman–Crippen MR) is 83.9 cm³/mol. The van der Waals surface area contributed by atoms with Gasteiger partial charge in [-0.05, 0) is 26.0 Å². The minimum atomic E-state index is -0.846. The van der Waals surface area contributed by atoms with Crippen molar-refractivity contribution < 1.29 is 23.9 Å². The van der Waals surface area contributed by atoms with Crippen molar-refractivity contribution in [1.82, 2.24) is 10.4 Å². The molecule has 1 amide bonds. The molecular weight excluding hydrogens is 316 g/mol. The van der Waals surface area contributed by atoms with Crippen LogP contribution < -0.4 is 5.43 Å². The van der Waals surface area contributed by atoms with Gasteiger partial charge in [0, 0.05) is 5.56 Å². The van der Waals surface area contributed by atoms with E-state index in [-0.39, 0.29) is 30.4 Å². The number of hydrazone groups is 2. The van der Waals surface area contributed by atoms with Crippen molar-refractivity contribution in [2.45, 2.75) is 13.8 Å². The van der Waals surface area contributed by atoms with Gasteiger partial charge in [-0.1, -0.05) is 18.2 Å². The van der Waals surface area contributed by atoms with E-state index in [2.05, 4.69) is 15.6 Å². The third-order valence-electron chi connectivity index (χ3n) is 2.81. The number of hydrogen-bond donors (Lipinski definition) is 1. The fourth-order valence-corrected chi connectivity index (χ4v) is 1.78. The van der Waals surface area contributed by atoms with Crippen LogP contribution in [0.15, 0.2) is 40.5 Å². The molecule has 0 radical (unpaired) electrons. The van der Waals surface area contributed by atoms with Gasteiger partial charge in [0.15, 0.2) is 0 Å². The van der Waals surface area contributed by atoms with Gasteiger partial charge in [-0.15, -0.1) is 10.2 Å². The van der Waals surface area contributed by atoms with Gasteiger partial charge in [0.25, 0.3) is 17.6 Å². The summed E-state index contributed by atoms with van der Waals surface area (Å²) < 4.78 is 9.65. The Bertz CT molecular complexity index is 699. The van der Waals surface area contributed by atoms with Gasteiger partial charge in [-0.25, -0.2) is 9.59 Å². The monoisotopic (exact) mass is 332 g/mol. The van der Waals surface area contributed by atoms with E-state index in [0.717, 1.165) is 5.01 Å². The first-order valence-corrected chi connectivity index (χ1v) is 7.24. The van der Waals surface area contributed by atoms with Crippen molar-refractivity contribution in [2.24, 2.45) is 10.2 Å². The maximum atomic E-state index is 12.6. The van der Waals surface area contributed by atoms with Gasteiger partial charge in [0.05, 0.1) is 13.2 Å². The highest BCUT2D eigenvalue weighted by molar-refractivity contribution is 6.42. The Morgan fingerprint density at radius 1 is 1.04 bits per heavy atom. The van der Waals surface area contributed by atoms with Crippen LogP contribution in [-0.4, -0.2) is 47.7 Å². The van der Waals surface area contributed by atoms with Crippen molar-refractivity contribution >= 4 is 29.5 Å². The lowest BCUT2D eigenvalue weighted by Crippen LogP contribution is -2.47. The fourth-order valence-electron chi connectivity index (χ4n) is 1.78. The first-order valence-electron chi connectivity index (χ1n) is 7.24. The highest BCUT2D eigenvalue weighted by Crippen LogP contribution is 2.10. The number of rotatable bonds is 5. The summed E-state index contributed by atoms with van der Waals surface area (Å²) in [5, 5.41) is 8.29. The number of amidine groups is 2. The van der Waals surface area contributed by atoms with Crippen LogP contribution in [0.25, 0.3) is 0 Å². The Labute approximate surface area is 137 Å². The number of nitrogens with one attached hydrogen (secondary N) is 1. The zero-order valence-corrected chi connectivity index (χ0v) is 13.2. The zero-order valence-electron chi connectivity index (χ0n) is 13.2. The van der Waals surface area contributed by atoms with Crippen LogP contribution in [0.1, 0.15) is 24.2 Å². The Kier molecular flexibility index (Phi) is 5.61. The topological polar surface area (TPSA) is 110 Å². The summed E-state index contributed by atoms with van der Waals surface area (Å²) in [5.74, 6) is -2.96. The summed E-state index contributed by atoms with van der Waals surface area (Å²) in [5.41, 5.74) is 2.57. The molecule has 0 unspecified atom stereocenters. The van der Waals surface area contributed by atoms with Crippen molar-refractivity contribution in [2.75, 3.05) is 13.2 Å². The normalized spacial score (nSPS) is 13.3. The Balaban J connectivity index is 2.35. The first-order chi connectivity index (χ1) is 11.6. The van der Waals surface area contributed by atoms with Crippen LogP contribution in [0, 0.1) is 0 Å². The number of ether oxygens (including phenoxy) is 2. The summed E-state index contributed by atoms with van der Waals surface area (Å²) in [7, 11) is 0. The van der Waals surface area contributed by atoms with Crippen molar-refractivity contribution in [3.63, 3.8) is 0 Å². The summed E-state index contributed by atoms with van der Waals surface area (Å²) in [6, 6.07) is 8.15. The second-order valence-corrected chi connectivity index (χ2v) is 4.42. The summed E-state index contributed by atoms with van der Waals surface area (Å²) in [6.07, 6.45) is 0. The average Bonchev–Trinajstić information content (AvgIpc) is 2.61. The van der Waals surface area contributed by atoms with Crippen LogP contribution in [0.2, 0.25) is 0 Å². The molecule has 0 aliphatic carbocycles. The van der Waals surface area contributed by atoms with Gasteiger partial charge in [0.2, 0.25) is 0 Å². The van der Waals surface area contributed by atoms with E-state index in [1.54, 1.807) is 44.2 Å². The maximum Gasteiger partial charge on any atom is 0.378 e. The first kappa shape index (κ1) is 17.1. The number of carbonyl (C=O) groups excluding carboxylic acids is 3. The molecule has 0 spiro atoms. The molecular formula is C15H16N4O5. The van der Waals surface area contributed by atoms with Crippen LogP contribution >= 0.6 is 0 Å². The van der Waals surface area contributed by atoms with E-state index in [0.29, 0.717) is 0 Å². The number of nitrogens with zero attached hydrogens (tertiary/aromatic N) is 3. The molecule has 1 aromatic carbocycles. The van der Waals surface area contributed by atoms with E-state index in [1.807, 2.05) is 0 Å². The molecule has 24 heavy (non-hydrogen) atoms. The Morgan fingerprint density at radius 3 is 2.29 bits per heavy atom. The number of hydrogen-bond acceptors (Lipinski definition) is 8. The molecule has 0 bridgehead atoms. The van der Waals surface area contributed by atoms with Gasteiger partial charge < -0.3 is 9.47 Å². The van der Waals surface area contributed by atoms with Crippen molar-refractivity contribution in [1.29, 1.82) is 0 Å². The largest absolute Gasteiger partial charge is 0.460 e. The lowest BCUT2D eigenvalue weighted by Gasteiger charge is -2.22. The van der Waals surface area contributed by atoms with Crippen LogP contribution in [0.4, 0.5) is 0 Å². The minimum Gasteiger partial charge on any atom is -0.460 e.